The summed E-state index contributed by atoms with van der Waals surface area (Å²) >= 11 is 0.299. The Kier molecular flexibility index (Phi) is 2.71. The molecule has 0 aromatic heterocycles. The average Bonchev–Trinajstić information content (AvgIpc) is 2.25. The maximum absolute atomic E-state index is 11.3. The summed E-state index contributed by atoms with van der Waals surface area (Å²) in [5.41, 5.74) is 0.969. The minimum absolute atomic E-state index is 0.183. The summed E-state index contributed by atoms with van der Waals surface area (Å²) in [6.45, 7) is 0.813. The first-order valence-electron chi connectivity index (χ1n) is 4.43. The van der Waals surface area contributed by atoms with Crippen molar-refractivity contribution in [3.63, 3.8) is 0 Å². The zero-order valence-electron chi connectivity index (χ0n) is 7.93. The molecule has 2 nitrogen and oxygen atoms in total. The van der Waals surface area contributed by atoms with Gasteiger partial charge in [-0.3, -0.25) is 0 Å². The molecule has 1 aromatic carbocycles. The van der Waals surface area contributed by atoms with E-state index in [9.17, 15) is 4.79 Å². The number of nitrogens with zero attached hydrogens (tertiary/aromatic N) is 1. The number of benzene rings is 1. The van der Waals surface area contributed by atoms with Crippen LogP contribution in [0.15, 0.2) is 40.9 Å². The van der Waals surface area contributed by atoms with Gasteiger partial charge in [-0.25, -0.2) is 0 Å². The Labute approximate surface area is 89.8 Å². The van der Waals surface area contributed by atoms with Crippen molar-refractivity contribution in [1.29, 1.82) is 0 Å². The minimum atomic E-state index is 0.183. The second-order valence-corrected chi connectivity index (χ2v) is 5.21. The monoisotopic (exact) mass is 253 g/mol. The molecule has 1 aliphatic heterocycles. The van der Waals surface area contributed by atoms with Crippen LogP contribution >= 0.6 is 0 Å². The van der Waals surface area contributed by atoms with Crippen molar-refractivity contribution in [1.82, 2.24) is 4.90 Å². The van der Waals surface area contributed by atoms with Crippen LogP contribution in [0.1, 0.15) is 0 Å². The van der Waals surface area contributed by atoms with Crippen LogP contribution < -0.4 is 4.46 Å². The van der Waals surface area contributed by atoms with Crippen LogP contribution in [0.4, 0.5) is 0 Å². The van der Waals surface area contributed by atoms with Gasteiger partial charge in [0.1, 0.15) is 0 Å². The van der Waals surface area contributed by atoms with Gasteiger partial charge in [0.2, 0.25) is 0 Å². The van der Waals surface area contributed by atoms with Crippen LogP contribution in [-0.2, 0) is 4.79 Å². The number of hydrogen-bond donors (Lipinski definition) is 0. The van der Waals surface area contributed by atoms with Crippen LogP contribution in [0.2, 0.25) is 0 Å². The van der Waals surface area contributed by atoms with Gasteiger partial charge in [-0.15, -0.1) is 0 Å². The SMILES string of the molecule is CN1C/C(=C/[Se]c2ccccc2)C1=O. The number of carbonyl (C=O) groups excluding carboxylic acids is 1. The standard InChI is InChI=1S/C11H11NOSe/c1-12-7-9(11(12)13)8-14-10-5-3-2-4-6-10/h2-6,8H,7H2,1H3/b9-8-. The van der Waals surface area contributed by atoms with E-state index in [4.69, 9.17) is 0 Å². The molecule has 0 atom stereocenters. The molecule has 1 saturated heterocycles. The summed E-state index contributed by atoms with van der Waals surface area (Å²) in [5.74, 6) is 0.183. The fourth-order valence-electron chi connectivity index (χ4n) is 1.27. The molecule has 0 N–H and O–H groups in total. The normalized spacial score (nSPS) is 18.5. The Hall–Kier alpha value is -1.05. The average molecular weight is 252 g/mol. The molecular formula is C11H11NOSe. The van der Waals surface area contributed by atoms with E-state index in [0.717, 1.165) is 12.1 Å². The van der Waals surface area contributed by atoms with Crippen LogP contribution in [-0.4, -0.2) is 39.4 Å². The van der Waals surface area contributed by atoms with Crippen LogP contribution in [0, 0.1) is 0 Å². The first-order chi connectivity index (χ1) is 6.77. The number of hydrogen-bond acceptors (Lipinski definition) is 1. The van der Waals surface area contributed by atoms with Gasteiger partial charge in [-0.1, -0.05) is 0 Å². The van der Waals surface area contributed by atoms with Crippen molar-refractivity contribution in [2.75, 3.05) is 13.6 Å². The fourth-order valence-corrected chi connectivity index (χ4v) is 2.89. The summed E-state index contributed by atoms with van der Waals surface area (Å²) in [4.78, 5) is 15.1. The van der Waals surface area contributed by atoms with Crippen LogP contribution in [0.3, 0.4) is 0 Å². The third-order valence-electron chi connectivity index (χ3n) is 2.11. The van der Waals surface area contributed by atoms with Gasteiger partial charge in [0, 0.05) is 0 Å². The molecule has 0 unspecified atom stereocenters. The number of carbonyl (C=O) groups is 1. The third-order valence-corrected chi connectivity index (χ3v) is 4.10. The summed E-state index contributed by atoms with van der Waals surface area (Å²) in [5, 5.41) is 0. The molecule has 0 radical (unpaired) electrons. The number of β-lactam (4-membered cyclic amide) rings is 1. The fraction of sp³-hybridized carbons (Fsp3) is 0.182. The molecule has 2 rings (SSSR count). The summed E-state index contributed by atoms with van der Waals surface area (Å²) in [6, 6.07) is 10.3. The van der Waals surface area contributed by atoms with Crippen molar-refractivity contribution in [2.24, 2.45) is 0 Å². The second kappa shape index (κ2) is 3.99. The van der Waals surface area contributed by atoms with Crippen molar-refractivity contribution >= 4 is 25.3 Å². The van der Waals surface area contributed by atoms with Gasteiger partial charge in [0.05, 0.1) is 0 Å². The van der Waals surface area contributed by atoms with Crippen molar-refractivity contribution in [3.05, 3.63) is 40.9 Å². The van der Waals surface area contributed by atoms with Gasteiger partial charge in [-0.05, 0) is 0 Å². The zero-order valence-corrected chi connectivity index (χ0v) is 9.65. The molecule has 1 fully saturated rings. The van der Waals surface area contributed by atoms with E-state index >= 15 is 0 Å². The summed E-state index contributed by atoms with van der Waals surface area (Å²) in [7, 11) is 1.83. The molecule has 0 aliphatic carbocycles. The molecule has 0 bridgehead atoms. The molecule has 1 aromatic rings. The van der Waals surface area contributed by atoms with Gasteiger partial charge in [0.15, 0.2) is 0 Å². The molecule has 1 amide bonds. The van der Waals surface area contributed by atoms with E-state index in [1.165, 1.54) is 4.46 Å². The first-order valence-corrected chi connectivity index (χ1v) is 6.28. The Morgan fingerprint density at radius 1 is 1.36 bits per heavy atom. The predicted octanol–water partition coefficient (Wildman–Crippen LogP) is 0.372. The Balaban J connectivity index is 1.98. The van der Waals surface area contributed by atoms with Crippen molar-refractivity contribution in [3.8, 4) is 0 Å². The molecular weight excluding hydrogens is 241 g/mol. The number of rotatable bonds is 2. The first kappa shape index (κ1) is 9.50. The van der Waals surface area contributed by atoms with Crippen LogP contribution in [0.5, 0.6) is 0 Å². The molecule has 0 saturated carbocycles. The zero-order chi connectivity index (χ0) is 9.97. The number of likely N-dealkylation sites (tertiary alicyclic amines) is 1. The van der Waals surface area contributed by atoms with E-state index in [0.29, 0.717) is 15.0 Å². The van der Waals surface area contributed by atoms with E-state index in [-0.39, 0.29) is 5.91 Å². The Bertz CT molecular complexity index is 372. The molecule has 3 heteroatoms. The van der Waals surface area contributed by atoms with E-state index in [1.54, 1.807) is 4.90 Å². The topological polar surface area (TPSA) is 20.3 Å². The third kappa shape index (κ3) is 1.89. The molecule has 1 aliphatic rings. The molecule has 14 heavy (non-hydrogen) atoms. The van der Waals surface area contributed by atoms with E-state index in [2.05, 4.69) is 17.1 Å². The van der Waals surface area contributed by atoms with E-state index in [1.807, 2.05) is 25.2 Å². The predicted molar refractivity (Wildman–Crippen MR) is 57.6 cm³/mol. The van der Waals surface area contributed by atoms with Gasteiger partial charge in [0.25, 0.3) is 0 Å². The summed E-state index contributed by atoms with van der Waals surface area (Å²) < 4.78 is 1.31. The van der Waals surface area contributed by atoms with Gasteiger partial charge >= 0.3 is 89.5 Å². The Morgan fingerprint density at radius 3 is 2.64 bits per heavy atom. The van der Waals surface area contributed by atoms with Crippen molar-refractivity contribution in [2.45, 2.75) is 0 Å². The quantitative estimate of drug-likeness (QED) is 0.423. The number of likely N-dealkylation sites (N-methyl/N-ethyl adjacent to an activating group) is 1. The van der Waals surface area contributed by atoms with Crippen LogP contribution in [0.25, 0.3) is 0 Å². The number of amides is 1. The van der Waals surface area contributed by atoms with Gasteiger partial charge < -0.3 is 0 Å². The molecule has 72 valence electrons. The maximum atomic E-state index is 11.3. The molecule has 0 spiro atoms. The van der Waals surface area contributed by atoms with E-state index < -0.39 is 0 Å². The Morgan fingerprint density at radius 2 is 2.07 bits per heavy atom. The van der Waals surface area contributed by atoms with Crippen molar-refractivity contribution < 1.29 is 4.79 Å². The van der Waals surface area contributed by atoms with Gasteiger partial charge in [-0.2, -0.15) is 0 Å². The molecule has 1 heterocycles. The summed E-state index contributed by atoms with van der Waals surface area (Å²) in [6.07, 6.45) is 0. The second-order valence-electron chi connectivity index (χ2n) is 3.24.